The van der Waals surface area contributed by atoms with Gasteiger partial charge in [-0.05, 0) is 42.7 Å². The third-order valence-electron chi connectivity index (χ3n) is 3.69. The first kappa shape index (κ1) is 12.1. The zero-order valence-corrected chi connectivity index (χ0v) is 11.5. The fraction of sp³-hybridized carbons (Fsp3) is 0.176. The van der Waals surface area contributed by atoms with Gasteiger partial charge in [0.15, 0.2) is 0 Å². The number of aromatic nitrogens is 2. The Balaban J connectivity index is 1.64. The number of para-hydroxylation sites is 1. The van der Waals surface area contributed by atoms with Crippen molar-refractivity contribution in [3.63, 3.8) is 0 Å². The number of hydrogen-bond donors (Lipinski definition) is 1. The molecule has 4 rings (SSSR count). The zero-order chi connectivity index (χ0) is 14.1. The van der Waals surface area contributed by atoms with E-state index < -0.39 is 0 Å². The summed E-state index contributed by atoms with van der Waals surface area (Å²) in [5.41, 5.74) is 3.38. The van der Waals surface area contributed by atoms with E-state index in [9.17, 15) is 0 Å². The number of rotatable bonds is 2. The van der Waals surface area contributed by atoms with Crippen LogP contribution in [-0.4, -0.2) is 16.5 Å². The minimum atomic E-state index is 0.386. The number of nitrogens with zero attached hydrogens (tertiary/aromatic N) is 2. The molecular weight excluding hydrogens is 262 g/mol. The van der Waals surface area contributed by atoms with Gasteiger partial charge in [-0.15, -0.1) is 0 Å². The van der Waals surface area contributed by atoms with Gasteiger partial charge in [0.2, 0.25) is 0 Å². The molecule has 1 N–H and O–H groups in total. The summed E-state index contributed by atoms with van der Waals surface area (Å²) >= 11 is 0. The van der Waals surface area contributed by atoms with Crippen LogP contribution in [0, 0.1) is 0 Å². The first-order valence-electron chi connectivity index (χ1n) is 7.15. The third kappa shape index (κ3) is 2.40. The van der Waals surface area contributed by atoms with Crippen LogP contribution in [-0.2, 0) is 6.42 Å². The molecule has 0 saturated heterocycles. The topological polar surface area (TPSA) is 47.0 Å². The van der Waals surface area contributed by atoms with Gasteiger partial charge in [0, 0.05) is 23.8 Å². The summed E-state index contributed by atoms with van der Waals surface area (Å²) in [6, 6.07) is 14.4. The molecule has 0 fully saturated rings. The van der Waals surface area contributed by atoms with Crippen LogP contribution in [0.25, 0.3) is 10.9 Å². The van der Waals surface area contributed by atoms with E-state index in [1.165, 1.54) is 11.3 Å². The molecular formula is C17H15N3O. The second kappa shape index (κ2) is 5.05. The predicted molar refractivity (Wildman–Crippen MR) is 82.9 cm³/mol. The van der Waals surface area contributed by atoms with Crippen molar-refractivity contribution in [2.24, 2.45) is 0 Å². The van der Waals surface area contributed by atoms with E-state index in [2.05, 4.69) is 27.4 Å². The maximum atomic E-state index is 5.80. The molecule has 1 aliphatic heterocycles. The molecule has 4 heteroatoms. The molecule has 0 spiro atoms. The standard InChI is InChI=1S/C17H15N3O/c1-2-6-16-13(4-1)11-19-17(20-16)21-14-7-8-15-12(10-14)5-3-9-18-15/h1-2,4,6-8,10-11,18H,3,5,9H2. The molecule has 0 aliphatic carbocycles. The molecule has 2 aromatic carbocycles. The molecule has 0 bridgehead atoms. The monoisotopic (exact) mass is 277 g/mol. The van der Waals surface area contributed by atoms with Crippen molar-refractivity contribution in [3.8, 4) is 11.8 Å². The van der Waals surface area contributed by atoms with Crippen LogP contribution in [0.3, 0.4) is 0 Å². The van der Waals surface area contributed by atoms with Crippen molar-refractivity contribution in [1.82, 2.24) is 9.97 Å². The van der Waals surface area contributed by atoms with Crippen molar-refractivity contribution >= 4 is 16.6 Å². The molecule has 1 aliphatic rings. The van der Waals surface area contributed by atoms with Crippen LogP contribution in [0.5, 0.6) is 11.8 Å². The van der Waals surface area contributed by atoms with Crippen molar-refractivity contribution in [2.45, 2.75) is 12.8 Å². The van der Waals surface area contributed by atoms with E-state index in [-0.39, 0.29) is 0 Å². The number of ether oxygens (including phenoxy) is 1. The van der Waals surface area contributed by atoms with Gasteiger partial charge in [-0.25, -0.2) is 4.98 Å². The summed E-state index contributed by atoms with van der Waals surface area (Å²) in [5.74, 6) is 0.785. The Morgan fingerprint density at radius 3 is 3.05 bits per heavy atom. The number of nitrogens with one attached hydrogen (secondary N) is 1. The van der Waals surface area contributed by atoms with Crippen molar-refractivity contribution < 1.29 is 4.74 Å². The highest BCUT2D eigenvalue weighted by molar-refractivity contribution is 5.77. The minimum absolute atomic E-state index is 0.386. The van der Waals surface area contributed by atoms with Gasteiger partial charge in [0.25, 0.3) is 0 Å². The lowest BCUT2D eigenvalue weighted by molar-refractivity contribution is 0.443. The smallest absolute Gasteiger partial charge is 0.322 e. The normalized spacial score (nSPS) is 13.5. The molecule has 0 radical (unpaired) electrons. The van der Waals surface area contributed by atoms with E-state index in [4.69, 9.17) is 4.74 Å². The highest BCUT2D eigenvalue weighted by Crippen LogP contribution is 2.28. The number of hydrogen-bond acceptors (Lipinski definition) is 4. The second-order valence-electron chi connectivity index (χ2n) is 5.16. The molecule has 104 valence electrons. The van der Waals surface area contributed by atoms with Crippen LogP contribution < -0.4 is 10.1 Å². The summed E-state index contributed by atoms with van der Waals surface area (Å²) in [4.78, 5) is 8.70. The van der Waals surface area contributed by atoms with Crippen LogP contribution in [0.2, 0.25) is 0 Å². The molecule has 3 aromatic rings. The van der Waals surface area contributed by atoms with Crippen LogP contribution in [0.15, 0.2) is 48.7 Å². The van der Waals surface area contributed by atoms with Crippen LogP contribution in [0.4, 0.5) is 5.69 Å². The predicted octanol–water partition coefficient (Wildman–Crippen LogP) is 3.78. The number of aryl methyl sites for hydroxylation is 1. The maximum absolute atomic E-state index is 5.80. The Labute approximate surface area is 122 Å². The number of anilines is 1. The van der Waals surface area contributed by atoms with Gasteiger partial charge in [0.1, 0.15) is 5.75 Å². The Hall–Kier alpha value is -2.62. The van der Waals surface area contributed by atoms with E-state index in [0.29, 0.717) is 6.01 Å². The Kier molecular flexibility index (Phi) is 2.92. The van der Waals surface area contributed by atoms with Gasteiger partial charge in [-0.3, -0.25) is 0 Å². The molecule has 0 unspecified atom stereocenters. The van der Waals surface area contributed by atoms with Crippen molar-refractivity contribution in [3.05, 3.63) is 54.2 Å². The van der Waals surface area contributed by atoms with E-state index in [0.717, 1.165) is 36.0 Å². The zero-order valence-electron chi connectivity index (χ0n) is 11.5. The van der Waals surface area contributed by atoms with Gasteiger partial charge < -0.3 is 10.1 Å². The number of fused-ring (bicyclic) bond motifs is 2. The third-order valence-corrected chi connectivity index (χ3v) is 3.69. The lowest BCUT2D eigenvalue weighted by Gasteiger charge is -2.18. The Bertz CT molecular complexity index is 801. The molecule has 2 heterocycles. The largest absolute Gasteiger partial charge is 0.424 e. The Morgan fingerprint density at radius 2 is 2.05 bits per heavy atom. The van der Waals surface area contributed by atoms with E-state index in [1.54, 1.807) is 6.20 Å². The minimum Gasteiger partial charge on any atom is -0.424 e. The molecule has 0 saturated carbocycles. The van der Waals surface area contributed by atoms with Gasteiger partial charge >= 0.3 is 6.01 Å². The average Bonchev–Trinajstić information content (AvgIpc) is 2.55. The SMILES string of the molecule is c1ccc2nc(Oc3ccc4c(c3)CCCN4)ncc2c1. The van der Waals surface area contributed by atoms with Gasteiger partial charge in [-0.2, -0.15) is 4.98 Å². The molecule has 0 amide bonds. The summed E-state index contributed by atoms with van der Waals surface area (Å²) in [7, 11) is 0. The van der Waals surface area contributed by atoms with Gasteiger partial charge in [-0.1, -0.05) is 18.2 Å². The highest BCUT2D eigenvalue weighted by Gasteiger charge is 2.10. The summed E-state index contributed by atoms with van der Waals surface area (Å²) < 4.78 is 5.80. The summed E-state index contributed by atoms with van der Waals surface area (Å²) in [5, 5.41) is 4.40. The lowest BCUT2D eigenvalue weighted by Crippen LogP contribution is -2.11. The molecule has 4 nitrogen and oxygen atoms in total. The lowest BCUT2D eigenvalue weighted by atomic mass is 10.0. The second-order valence-corrected chi connectivity index (χ2v) is 5.16. The first-order chi connectivity index (χ1) is 10.4. The first-order valence-corrected chi connectivity index (χ1v) is 7.15. The van der Waals surface area contributed by atoms with E-state index >= 15 is 0 Å². The molecule has 21 heavy (non-hydrogen) atoms. The maximum Gasteiger partial charge on any atom is 0.322 e. The summed E-state index contributed by atoms with van der Waals surface area (Å²) in [6.07, 6.45) is 4.03. The fourth-order valence-corrected chi connectivity index (χ4v) is 2.62. The van der Waals surface area contributed by atoms with E-state index in [1.807, 2.05) is 30.3 Å². The van der Waals surface area contributed by atoms with Crippen molar-refractivity contribution in [1.29, 1.82) is 0 Å². The highest BCUT2D eigenvalue weighted by atomic mass is 16.5. The van der Waals surface area contributed by atoms with Crippen molar-refractivity contribution in [2.75, 3.05) is 11.9 Å². The Morgan fingerprint density at radius 1 is 1.10 bits per heavy atom. The molecule has 1 aromatic heterocycles. The quantitative estimate of drug-likeness (QED) is 0.774. The fourth-order valence-electron chi connectivity index (χ4n) is 2.62. The average molecular weight is 277 g/mol. The van der Waals surface area contributed by atoms with Crippen LogP contribution >= 0.6 is 0 Å². The van der Waals surface area contributed by atoms with Crippen LogP contribution in [0.1, 0.15) is 12.0 Å². The molecule has 0 atom stereocenters. The van der Waals surface area contributed by atoms with Gasteiger partial charge in [0.05, 0.1) is 5.52 Å². The summed E-state index contributed by atoms with van der Waals surface area (Å²) in [6.45, 7) is 1.04. The number of benzene rings is 2.